The Morgan fingerprint density at radius 2 is 1.86 bits per heavy atom. The third-order valence-corrected chi connectivity index (χ3v) is 5.07. The summed E-state index contributed by atoms with van der Waals surface area (Å²) in [4.78, 5) is 34.9. The van der Waals surface area contributed by atoms with Crippen molar-refractivity contribution in [1.82, 2.24) is 24.6 Å². The van der Waals surface area contributed by atoms with Crippen LogP contribution in [0.15, 0.2) is 61.3 Å². The lowest BCUT2D eigenvalue weighted by Crippen LogP contribution is -2.41. The van der Waals surface area contributed by atoms with Crippen LogP contribution < -0.4 is 5.32 Å². The molecule has 1 aliphatic heterocycles. The van der Waals surface area contributed by atoms with Gasteiger partial charge >= 0.3 is 0 Å². The fraction of sp³-hybridized carbons (Fsp3) is 0.286. The van der Waals surface area contributed by atoms with Crippen molar-refractivity contribution < 1.29 is 9.59 Å². The van der Waals surface area contributed by atoms with Crippen LogP contribution in [0.3, 0.4) is 0 Å². The molecule has 1 N–H and O–H groups in total. The highest BCUT2D eigenvalue weighted by Gasteiger charge is 2.28. The largest absolute Gasteiger partial charge is 0.337 e. The average molecular weight is 390 g/mol. The van der Waals surface area contributed by atoms with E-state index < -0.39 is 0 Å². The van der Waals surface area contributed by atoms with E-state index in [-0.39, 0.29) is 17.7 Å². The maximum absolute atomic E-state index is 12.6. The molecule has 2 aromatic heterocycles. The van der Waals surface area contributed by atoms with E-state index in [1.54, 1.807) is 40.3 Å². The summed E-state index contributed by atoms with van der Waals surface area (Å²) in [5.41, 5.74) is 2.29. The Hall–Kier alpha value is -3.55. The summed E-state index contributed by atoms with van der Waals surface area (Å²) in [5.74, 6) is -0.177. The van der Waals surface area contributed by atoms with E-state index in [0.29, 0.717) is 38.2 Å². The minimum Gasteiger partial charge on any atom is -0.337 e. The predicted octanol–water partition coefficient (Wildman–Crippen LogP) is 2.21. The highest BCUT2D eigenvalue weighted by atomic mass is 16.2. The van der Waals surface area contributed by atoms with Gasteiger partial charge in [0.25, 0.3) is 5.91 Å². The van der Waals surface area contributed by atoms with Crippen molar-refractivity contribution in [3.8, 4) is 0 Å². The number of piperidine rings is 1. The van der Waals surface area contributed by atoms with Crippen LogP contribution in [0.2, 0.25) is 0 Å². The number of nitrogens with zero attached hydrogens (tertiary/aromatic N) is 5. The minimum atomic E-state index is -0.0994. The Morgan fingerprint density at radius 3 is 2.52 bits per heavy atom. The summed E-state index contributed by atoms with van der Waals surface area (Å²) in [6, 6.07) is 13.0. The third-order valence-electron chi connectivity index (χ3n) is 5.07. The van der Waals surface area contributed by atoms with Gasteiger partial charge in [0.1, 0.15) is 18.3 Å². The molecule has 4 rings (SSSR count). The second-order valence-electron chi connectivity index (χ2n) is 7.06. The van der Waals surface area contributed by atoms with Crippen molar-refractivity contribution >= 4 is 17.5 Å². The molecule has 29 heavy (non-hydrogen) atoms. The number of aromatic nitrogens is 4. The molecule has 3 aromatic rings. The number of amides is 2. The first-order valence-electron chi connectivity index (χ1n) is 9.61. The van der Waals surface area contributed by atoms with Crippen molar-refractivity contribution in [2.45, 2.75) is 19.4 Å². The van der Waals surface area contributed by atoms with Gasteiger partial charge in [0.2, 0.25) is 5.91 Å². The smallest absolute Gasteiger partial charge is 0.272 e. The molecule has 0 saturated carbocycles. The zero-order chi connectivity index (χ0) is 20.1. The molecule has 8 nitrogen and oxygen atoms in total. The maximum Gasteiger partial charge on any atom is 0.272 e. The Kier molecular flexibility index (Phi) is 5.60. The van der Waals surface area contributed by atoms with Crippen LogP contribution in [0, 0.1) is 5.92 Å². The maximum atomic E-state index is 12.6. The number of carbonyl (C=O) groups excluding carboxylic acids is 2. The Labute approximate surface area is 168 Å². The van der Waals surface area contributed by atoms with E-state index in [9.17, 15) is 9.59 Å². The molecule has 0 radical (unpaired) electrons. The number of pyridine rings is 1. The number of rotatable bonds is 5. The van der Waals surface area contributed by atoms with Gasteiger partial charge in [-0.3, -0.25) is 14.6 Å². The van der Waals surface area contributed by atoms with Gasteiger partial charge in [-0.2, -0.15) is 5.10 Å². The van der Waals surface area contributed by atoms with Crippen LogP contribution >= 0.6 is 0 Å². The molecule has 148 valence electrons. The van der Waals surface area contributed by atoms with Crippen molar-refractivity contribution in [2.75, 3.05) is 18.4 Å². The molecular weight excluding hydrogens is 368 g/mol. The number of anilines is 1. The molecule has 0 unspecified atom stereocenters. The topological polar surface area (TPSA) is 93.0 Å². The van der Waals surface area contributed by atoms with Crippen molar-refractivity contribution in [2.24, 2.45) is 5.92 Å². The lowest BCUT2D eigenvalue weighted by molar-refractivity contribution is -0.121. The molecule has 0 aliphatic carbocycles. The summed E-state index contributed by atoms with van der Waals surface area (Å²) >= 11 is 0. The van der Waals surface area contributed by atoms with Gasteiger partial charge in [-0.1, -0.05) is 18.2 Å². The fourth-order valence-corrected chi connectivity index (χ4v) is 3.44. The van der Waals surface area contributed by atoms with Gasteiger partial charge in [0, 0.05) is 30.9 Å². The summed E-state index contributed by atoms with van der Waals surface area (Å²) in [6.07, 6.45) is 6.08. The van der Waals surface area contributed by atoms with Gasteiger partial charge in [0.05, 0.1) is 6.54 Å². The van der Waals surface area contributed by atoms with Gasteiger partial charge in [-0.05, 0) is 42.7 Å². The summed E-state index contributed by atoms with van der Waals surface area (Å²) < 4.78 is 1.74. The van der Waals surface area contributed by atoms with E-state index in [2.05, 4.69) is 20.4 Å². The lowest BCUT2D eigenvalue weighted by Gasteiger charge is -2.31. The number of hydrogen-bond donors (Lipinski definition) is 1. The van der Waals surface area contributed by atoms with E-state index in [0.717, 1.165) is 11.3 Å². The zero-order valence-corrected chi connectivity index (χ0v) is 15.9. The van der Waals surface area contributed by atoms with Crippen molar-refractivity contribution in [3.63, 3.8) is 0 Å². The number of nitrogens with one attached hydrogen (secondary N) is 1. The second kappa shape index (κ2) is 8.64. The predicted molar refractivity (Wildman–Crippen MR) is 107 cm³/mol. The van der Waals surface area contributed by atoms with Crippen LogP contribution in [0.5, 0.6) is 0 Å². The lowest BCUT2D eigenvalue weighted by atomic mass is 9.95. The molecular formula is C21H22N6O2. The summed E-state index contributed by atoms with van der Waals surface area (Å²) in [7, 11) is 0. The highest BCUT2D eigenvalue weighted by molar-refractivity contribution is 5.94. The van der Waals surface area contributed by atoms with Crippen LogP contribution in [0.1, 0.15) is 28.9 Å². The first-order valence-corrected chi connectivity index (χ1v) is 9.61. The first kappa shape index (κ1) is 18.8. The summed E-state index contributed by atoms with van der Waals surface area (Å²) in [5, 5.41) is 7.07. The van der Waals surface area contributed by atoms with E-state index in [1.807, 2.05) is 24.3 Å². The average Bonchev–Trinajstić information content (AvgIpc) is 3.28. The third kappa shape index (κ3) is 4.66. The van der Waals surface area contributed by atoms with Crippen LogP contribution in [-0.4, -0.2) is 49.6 Å². The fourth-order valence-electron chi connectivity index (χ4n) is 3.44. The molecule has 0 bridgehead atoms. The number of carbonyl (C=O) groups is 2. The standard InChI is InChI=1S/C21H22N6O2/c28-20(25-18-6-4-16(5-7-18)13-27-15-22-14-24-27)17-8-11-26(12-9-17)21(29)19-3-1-2-10-23-19/h1-7,10,14-15,17H,8-9,11-13H2,(H,25,28). The van der Waals surface area contributed by atoms with Crippen LogP contribution in [0.4, 0.5) is 5.69 Å². The normalized spacial score (nSPS) is 14.6. The molecule has 0 spiro atoms. The van der Waals surface area contributed by atoms with E-state index in [4.69, 9.17) is 0 Å². The Balaban J connectivity index is 1.28. The molecule has 0 atom stereocenters. The highest BCUT2D eigenvalue weighted by Crippen LogP contribution is 2.21. The van der Waals surface area contributed by atoms with E-state index in [1.165, 1.54) is 6.33 Å². The quantitative estimate of drug-likeness (QED) is 0.721. The molecule has 1 aliphatic rings. The molecule has 1 fully saturated rings. The SMILES string of the molecule is O=C(Nc1ccc(Cn2cncn2)cc1)C1CCN(C(=O)c2ccccn2)CC1. The number of hydrogen-bond acceptors (Lipinski definition) is 5. The number of benzene rings is 1. The monoisotopic (exact) mass is 390 g/mol. The van der Waals surface area contributed by atoms with Crippen LogP contribution in [0.25, 0.3) is 0 Å². The van der Waals surface area contributed by atoms with E-state index >= 15 is 0 Å². The molecule has 3 heterocycles. The number of likely N-dealkylation sites (tertiary alicyclic amines) is 1. The van der Waals surface area contributed by atoms with Crippen LogP contribution in [-0.2, 0) is 11.3 Å². The molecule has 1 saturated heterocycles. The second-order valence-corrected chi connectivity index (χ2v) is 7.06. The van der Waals surface area contributed by atoms with Gasteiger partial charge in [-0.25, -0.2) is 9.67 Å². The van der Waals surface area contributed by atoms with Crippen molar-refractivity contribution in [3.05, 3.63) is 72.6 Å². The summed E-state index contributed by atoms with van der Waals surface area (Å²) in [6.45, 7) is 1.76. The molecule has 8 heteroatoms. The minimum absolute atomic E-state index is 0.000962. The molecule has 1 aromatic carbocycles. The first-order chi connectivity index (χ1) is 14.2. The van der Waals surface area contributed by atoms with Gasteiger partial charge in [0.15, 0.2) is 0 Å². The molecule has 2 amide bonds. The Morgan fingerprint density at radius 1 is 1.07 bits per heavy atom. The van der Waals surface area contributed by atoms with Gasteiger partial charge < -0.3 is 10.2 Å². The van der Waals surface area contributed by atoms with Gasteiger partial charge in [-0.15, -0.1) is 0 Å². The Bertz CT molecular complexity index is 949. The van der Waals surface area contributed by atoms with Crippen molar-refractivity contribution in [1.29, 1.82) is 0 Å². The zero-order valence-electron chi connectivity index (χ0n) is 15.9.